The molecule has 0 aliphatic heterocycles. The highest BCUT2D eigenvalue weighted by atomic mass is 35.5. The van der Waals surface area contributed by atoms with Crippen molar-refractivity contribution in [3.05, 3.63) is 53.3 Å². The summed E-state index contributed by atoms with van der Waals surface area (Å²) in [5.41, 5.74) is 2.83. The fourth-order valence-corrected chi connectivity index (χ4v) is 2.70. The van der Waals surface area contributed by atoms with Crippen LogP contribution in [0.1, 0.15) is 5.69 Å². The SMILES string of the molecule is COC(=O)Cc1c(-c2ccc(OCCF)cc2)nc2ccc(Cl)cn12. The molecule has 0 unspecified atom stereocenters. The van der Waals surface area contributed by atoms with Crippen molar-refractivity contribution in [3.63, 3.8) is 0 Å². The molecule has 5 nitrogen and oxygen atoms in total. The van der Waals surface area contributed by atoms with E-state index in [4.69, 9.17) is 21.1 Å². The van der Waals surface area contributed by atoms with Crippen LogP contribution in [0.25, 0.3) is 16.9 Å². The normalized spacial score (nSPS) is 10.8. The van der Waals surface area contributed by atoms with E-state index in [0.29, 0.717) is 27.8 Å². The van der Waals surface area contributed by atoms with Crippen molar-refractivity contribution in [1.82, 2.24) is 9.38 Å². The Morgan fingerprint density at radius 3 is 2.68 bits per heavy atom. The predicted molar refractivity (Wildman–Crippen MR) is 92.8 cm³/mol. The Labute approximate surface area is 149 Å². The van der Waals surface area contributed by atoms with Crippen LogP contribution < -0.4 is 4.74 Å². The highest BCUT2D eigenvalue weighted by molar-refractivity contribution is 6.30. The van der Waals surface area contributed by atoms with Gasteiger partial charge in [0.1, 0.15) is 24.7 Å². The minimum atomic E-state index is -0.543. The molecule has 2 heterocycles. The third kappa shape index (κ3) is 3.74. The van der Waals surface area contributed by atoms with Crippen molar-refractivity contribution in [3.8, 4) is 17.0 Å². The molecule has 0 amide bonds. The Hall–Kier alpha value is -2.60. The Morgan fingerprint density at radius 1 is 1.24 bits per heavy atom. The van der Waals surface area contributed by atoms with Gasteiger partial charge < -0.3 is 13.9 Å². The number of alkyl halides is 1. The number of nitrogens with zero attached hydrogens (tertiary/aromatic N) is 2. The van der Waals surface area contributed by atoms with Gasteiger partial charge in [0.25, 0.3) is 0 Å². The van der Waals surface area contributed by atoms with Crippen molar-refractivity contribution in [2.45, 2.75) is 6.42 Å². The zero-order valence-corrected chi connectivity index (χ0v) is 14.3. The summed E-state index contributed by atoms with van der Waals surface area (Å²) in [6.45, 7) is -0.530. The summed E-state index contributed by atoms with van der Waals surface area (Å²) in [4.78, 5) is 16.4. The molecule has 2 aromatic heterocycles. The number of halogens is 2. The van der Waals surface area contributed by atoms with Crippen molar-refractivity contribution in [2.75, 3.05) is 20.4 Å². The minimum absolute atomic E-state index is 0.0137. The lowest BCUT2D eigenvalue weighted by molar-refractivity contribution is -0.139. The molecule has 0 spiro atoms. The van der Waals surface area contributed by atoms with Gasteiger partial charge in [-0.05, 0) is 36.4 Å². The number of esters is 1. The van der Waals surface area contributed by atoms with Gasteiger partial charge in [-0.1, -0.05) is 11.6 Å². The summed E-state index contributed by atoms with van der Waals surface area (Å²) in [5.74, 6) is 0.202. The number of carbonyl (C=O) groups is 1. The molecule has 7 heteroatoms. The van der Waals surface area contributed by atoms with Crippen LogP contribution in [0.5, 0.6) is 5.75 Å². The molecule has 3 rings (SSSR count). The molecule has 1 aromatic carbocycles. The van der Waals surface area contributed by atoms with E-state index < -0.39 is 6.67 Å². The molecule has 0 radical (unpaired) electrons. The fraction of sp³-hybridized carbons (Fsp3) is 0.222. The van der Waals surface area contributed by atoms with E-state index in [1.807, 2.05) is 12.1 Å². The maximum absolute atomic E-state index is 12.2. The van der Waals surface area contributed by atoms with Crippen LogP contribution in [-0.4, -0.2) is 35.7 Å². The van der Waals surface area contributed by atoms with Crippen molar-refractivity contribution < 1.29 is 18.7 Å². The quantitative estimate of drug-likeness (QED) is 0.627. The van der Waals surface area contributed by atoms with Gasteiger partial charge in [-0.2, -0.15) is 0 Å². The third-order valence-electron chi connectivity index (χ3n) is 3.69. The Balaban J connectivity index is 2.04. The molecule has 25 heavy (non-hydrogen) atoms. The van der Waals surface area contributed by atoms with Crippen LogP contribution >= 0.6 is 11.6 Å². The maximum Gasteiger partial charge on any atom is 0.311 e. The van der Waals surface area contributed by atoms with Crippen molar-refractivity contribution in [2.24, 2.45) is 0 Å². The molecule has 0 aliphatic carbocycles. The molecule has 0 fully saturated rings. The number of carbonyl (C=O) groups excluding carboxylic acids is 1. The molecule has 0 aliphatic rings. The molecule has 0 bridgehead atoms. The standard InChI is InChI=1S/C18H16ClFN2O3/c1-24-17(23)10-15-18(21-16-7-4-13(19)11-22(15)16)12-2-5-14(6-3-12)25-9-8-20/h2-7,11H,8-10H2,1H3. The first-order valence-electron chi connectivity index (χ1n) is 7.65. The molecular formula is C18H16ClFN2O3. The number of hydrogen-bond acceptors (Lipinski definition) is 4. The minimum Gasteiger partial charge on any atom is -0.491 e. The molecule has 0 saturated carbocycles. The first-order valence-corrected chi connectivity index (χ1v) is 8.02. The Morgan fingerprint density at radius 2 is 2.00 bits per heavy atom. The van der Waals surface area contributed by atoms with E-state index in [2.05, 4.69) is 4.98 Å². The maximum atomic E-state index is 12.2. The average Bonchev–Trinajstić information content (AvgIpc) is 2.98. The highest BCUT2D eigenvalue weighted by Gasteiger charge is 2.17. The van der Waals surface area contributed by atoms with E-state index in [0.717, 1.165) is 5.56 Å². The lowest BCUT2D eigenvalue weighted by Crippen LogP contribution is -2.08. The molecular weight excluding hydrogens is 347 g/mol. The molecule has 0 saturated heterocycles. The van der Waals surface area contributed by atoms with Gasteiger partial charge in [0.05, 0.1) is 29.9 Å². The lowest BCUT2D eigenvalue weighted by Gasteiger charge is -2.07. The smallest absolute Gasteiger partial charge is 0.311 e. The van der Waals surface area contributed by atoms with Gasteiger partial charge >= 0.3 is 5.97 Å². The first kappa shape index (κ1) is 17.2. The van der Waals surface area contributed by atoms with Crippen LogP contribution in [0.2, 0.25) is 5.02 Å². The second-order valence-electron chi connectivity index (χ2n) is 5.30. The predicted octanol–water partition coefficient (Wildman–Crippen LogP) is 3.72. The summed E-state index contributed by atoms with van der Waals surface area (Å²) < 4.78 is 24.0. The zero-order valence-electron chi connectivity index (χ0n) is 13.5. The van der Waals surface area contributed by atoms with Crippen LogP contribution in [0, 0.1) is 0 Å². The second-order valence-corrected chi connectivity index (χ2v) is 5.73. The summed E-state index contributed by atoms with van der Waals surface area (Å²) in [7, 11) is 1.34. The monoisotopic (exact) mass is 362 g/mol. The van der Waals surface area contributed by atoms with Crippen molar-refractivity contribution >= 4 is 23.2 Å². The number of pyridine rings is 1. The summed E-state index contributed by atoms with van der Waals surface area (Å²) in [6.07, 6.45) is 1.78. The van der Waals surface area contributed by atoms with Crippen molar-refractivity contribution in [1.29, 1.82) is 0 Å². The van der Waals surface area contributed by atoms with E-state index in [-0.39, 0.29) is 19.0 Å². The molecule has 3 aromatic rings. The van der Waals surface area contributed by atoms with Gasteiger partial charge in [-0.3, -0.25) is 4.79 Å². The number of fused-ring (bicyclic) bond motifs is 1. The first-order chi connectivity index (χ1) is 12.1. The average molecular weight is 363 g/mol. The van der Waals surface area contributed by atoms with Gasteiger partial charge in [0.2, 0.25) is 0 Å². The number of benzene rings is 1. The molecule has 0 atom stereocenters. The van der Waals surface area contributed by atoms with Gasteiger partial charge in [0.15, 0.2) is 0 Å². The van der Waals surface area contributed by atoms with Crippen LogP contribution in [0.4, 0.5) is 4.39 Å². The van der Waals surface area contributed by atoms with Gasteiger partial charge in [-0.25, -0.2) is 9.37 Å². The lowest BCUT2D eigenvalue weighted by atomic mass is 10.1. The molecule has 0 N–H and O–H groups in total. The van der Waals surface area contributed by atoms with E-state index in [1.54, 1.807) is 34.9 Å². The Bertz CT molecular complexity index is 893. The van der Waals surface area contributed by atoms with Crippen LogP contribution in [0.15, 0.2) is 42.6 Å². The number of imidazole rings is 1. The Kier molecular flexibility index (Phi) is 5.19. The number of aromatic nitrogens is 2. The fourth-order valence-electron chi connectivity index (χ4n) is 2.54. The summed E-state index contributed by atoms with van der Waals surface area (Å²) >= 11 is 6.07. The second kappa shape index (κ2) is 7.53. The number of methoxy groups -OCH3 is 1. The summed E-state index contributed by atoms with van der Waals surface area (Å²) in [5, 5.41) is 0.539. The summed E-state index contributed by atoms with van der Waals surface area (Å²) in [6, 6.07) is 10.6. The van der Waals surface area contributed by atoms with E-state index in [9.17, 15) is 9.18 Å². The highest BCUT2D eigenvalue weighted by Crippen LogP contribution is 2.28. The van der Waals surface area contributed by atoms with Crippen LogP contribution in [-0.2, 0) is 16.0 Å². The number of hydrogen-bond donors (Lipinski definition) is 0. The van der Waals surface area contributed by atoms with E-state index >= 15 is 0 Å². The molecule has 130 valence electrons. The van der Waals surface area contributed by atoms with Gasteiger partial charge in [0, 0.05) is 11.8 Å². The van der Waals surface area contributed by atoms with E-state index in [1.165, 1.54) is 7.11 Å². The van der Waals surface area contributed by atoms with Crippen LogP contribution in [0.3, 0.4) is 0 Å². The third-order valence-corrected chi connectivity index (χ3v) is 3.92. The van der Waals surface area contributed by atoms with Gasteiger partial charge in [-0.15, -0.1) is 0 Å². The number of rotatable bonds is 6. The largest absolute Gasteiger partial charge is 0.491 e. The zero-order chi connectivity index (χ0) is 17.8. The topological polar surface area (TPSA) is 52.8 Å². The number of ether oxygens (including phenoxy) is 2.